The maximum atomic E-state index is 12.7. The molecule has 1 N–H and O–H groups in total. The Morgan fingerprint density at radius 1 is 1.21 bits per heavy atom. The van der Waals surface area contributed by atoms with Crippen LogP contribution in [0, 0.1) is 5.41 Å². The van der Waals surface area contributed by atoms with Crippen LogP contribution in [0.4, 0.5) is 4.79 Å². The number of nitrogens with zero attached hydrogens (tertiary/aromatic N) is 1. The number of hydrogen-bond acceptors (Lipinski definition) is 5. The second-order valence-corrected chi connectivity index (χ2v) is 9.35. The number of carbonyl (C=O) groups excluding carboxylic acids is 3. The van der Waals surface area contributed by atoms with Crippen LogP contribution < -0.4 is 5.32 Å². The number of β-lactam (4-membered cyclic amide) rings is 1. The summed E-state index contributed by atoms with van der Waals surface area (Å²) in [6.45, 7) is 12.7. The molecule has 6 nitrogen and oxygen atoms in total. The van der Waals surface area contributed by atoms with Crippen LogP contribution in [0.1, 0.15) is 48.5 Å². The molecule has 2 heterocycles. The van der Waals surface area contributed by atoms with Crippen LogP contribution in [0.2, 0.25) is 0 Å². The first kappa shape index (κ1) is 18.8. The molecular weight excluding hydrogens is 328 g/mol. The first-order valence-electron chi connectivity index (χ1n) is 8.01. The third-order valence-electron chi connectivity index (χ3n) is 3.73. The highest BCUT2D eigenvalue weighted by atomic mass is 32.2. The lowest BCUT2D eigenvalue weighted by Gasteiger charge is -2.50. The van der Waals surface area contributed by atoms with E-state index in [2.05, 4.69) is 5.32 Å². The third-order valence-corrected chi connectivity index (χ3v) is 5.15. The van der Waals surface area contributed by atoms with E-state index in [-0.39, 0.29) is 17.1 Å². The van der Waals surface area contributed by atoms with Crippen molar-refractivity contribution in [2.24, 2.45) is 5.41 Å². The fourth-order valence-corrected chi connectivity index (χ4v) is 3.88. The largest absolute Gasteiger partial charge is 0.444 e. The van der Waals surface area contributed by atoms with Crippen LogP contribution in [-0.4, -0.2) is 45.5 Å². The van der Waals surface area contributed by atoms with E-state index >= 15 is 0 Å². The third kappa shape index (κ3) is 3.61. The van der Waals surface area contributed by atoms with E-state index in [1.165, 1.54) is 4.90 Å². The van der Waals surface area contributed by atoms with Gasteiger partial charge < -0.3 is 10.1 Å². The number of allylic oxidation sites excluding steroid dienone is 1. The number of alkyl carbamates (subject to hydrolysis) is 1. The van der Waals surface area contributed by atoms with Gasteiger partial charge in [-0.15, -0.1) is 11.8 Å². The minimum absolute atomic E-state index is 0.0469. The van der Waals surface area contributed by atoms with Crippen molar-refractivity contribution < 1.29 is 19.1 Å². The molecule has 2 atom stereocenters. The van der Waals surface area contributed by atoms with Gasteiger partial charge in [-0.3, -0.25) is 14.5 Å². The van der Waals surface area contributed by atoms with Gasteiger partial charge in [0.15, 0.2) is 5.78 Å². The zero-order valence-corrected chi connectivity index (χ0v) is 16.2. The molecule has 0 saturated carbocycles. The van der Waals surface area contributed by atoms with Gasteiger partial charge >= 0.3 is 6.09 Å². The van der Waals surface area contributed by atoms with Crippen LogP contribution in [0.3, 0.4) is 0 Å². The summed E-state index contributed by atoms with van der Waals surface area (Å²) < 4.78 is 5.21. The highest BCUT2D eigenvalue weighted by Gasteiger charge is 2.54. The average molecular weight is 354 g/mol. The Balaban J connectivity index is 2.15. The first-order valence-corrected chi connectivity index (χ1v) is 9.06. The molecule has 1 saturated heterocycles. The van der Waals surface area contributed by atoms with Gasteiger partial charge in [-0.05, 0) is 33.3 Å². The topological polar surface area (TPSA) is 75.7 Å². The number of fused-ring (bicyclic) bond motifs is 1. The van der Waals surface area contributed by atoms with Crippen molar-refractivity contribution in [3.05, 3.63) is 11.3 Å². The standard InChI is InChI=1S/C17H26N2O4S/c1-9-8-24-14-10(18-15(22)23-17(5,6)7)13(21)19(14)11(9)12(20)16(2,3)4/h10,14H,8H2,1-7H3,(H,18,22)/t10-,14-/m1/s1. The monoisotopic (exact) mass is 354 g/mol. The van der Waals surface area contributed by atoms with Gasteiger partial charge in [-0.1, -0.05) is 20.8 Å². The summed E-state index contributed by atoms with van der Waals surface area (Å²) in [6.07, 6.45) is -0.615. The minimum Gasteiger partial charge on any atom is -0.444 e. The maximum Gasteiger partial charge on any atom is 0.408 e. The Labute approximate surface area is 147 Å². The second kappa shape index (κ2) is 6.10. The molecule has 0 aromatic heterocycles. The summed E-state index contributed by atoms with van der Waals surface area (Å²) in [4.78, 5) is 38.7. The van der Waals surface area contributed by atoms with Crippen molar-refractivity contribution in [2.45, 2.75) is 65.5 Å². The van der Waals surface area contributed by atoms with E-state index in [1.807, 2.05) is 27.7 Å². The fraction of sp³-hybridized carbons (Fsp3) is 0.706. The van der Waals surface area contributed by atoms with Gasteiger partial charge in [-0.2, -0.15) is 0 Å². The molecule has 2 rings (SSSR count). The Morgan fingerprint density at radius 2 is 1.79 bits per heavy atom. The molecule has 0 aromatic rings. The van der Waals surface area contributed by atoms with E-state index in [1.54, 1.807) is 32.5 Å². The molecule has 134 valence electrons. The zero-order chi connectivity index (χ0) is 18.4. The normalized spacial score (nSPS) is 24.3. The molecule has 0 unspecified atom stereocenters. The van der Waals surface area contributed by atoms with Crippen LogP contribution in [0.15, 0.2) is 11.3 Å². The number of ether oxygens (including phenoxy) is 1. The van der Waals surface area contributed by atoms with Crippen LogP contribution in [0.25, 0.3) is 0 Å². The van der Waals surface area contributed by atoms with E-state index in [0.29, 0.717) is 11.4 Å². The molecule has 2 aliphatic heterocycles. The molecule has 2 aliphatic rings. The number of amides is 2. The number of Topliss-reactive ketones (excluding diaryl/α,β-unsaturated/α-hetero) is 1. The molecular formula is C17H26N2O4S. The van der Waals surface area contributed by atoms with Crippen LogP contribution in [0.5, 0.6) is 0 Å². The molecule has 0 spiro atoms. The summed E-state index contributed by atoms with van der Waals surface area (Å²) in [5.41, 5.74) is 0.200. The van der Waals surface area contributed by atoms with Crippen molar-refractivity contribution in [1.29, 1.82) is 0 Å². The summed E-state index contributed by atoms with van der Waals surface area (Å²) in [6, 6.07) is -0.652. The lowest BCUT2D eigenvalue weighted by molar-refractivity contribution is -0.146. The van der Waals surface area contributed by atoms with Gasteiger partial charge in [0.2, 0.25) is 0 Å². The summed E-state index contributed by atoms with van der Waals surface area (Å²) in [5.74, 6) is 0.359. The molecule has 0 bridgehead atoms. The maximum absolute atomic E-state index is 12.7. The highest BCUT2D eigenvalue weighted by Crippen LogP contribution is 2.42. The smallest absolute Gasteiger partial charge is 0.408 e. The van der Waals surface area contributed by atoms with Crippen molar-refractivity contribution in [3.8, 4) is 0 Å². The summed E-state index contributed by atoms with van der Waals surface area (Å²) in [5, 5.41) is 2.37. The number of ketones is 1. The molecule has 7 heteroatoms. The molecule has 0 aromatic carbocycles. The Kier molecular flexibility index (Phi) is 4.78. The average Bonchev–Trinajstić information content (AvgIpc) is 2.41. The lowest BCUT2D eigenvalue weighted by atomic mass is 9.85. The summed E-state index contributed by atoms with van der Waals surface area (Å²) >= 11 is 1.55. The molecule has 2 amide bonds. The lowest BCUT2D eigenvalue weighted by Crippen LogP contribution is -2.71. The quantitative estimate of drug-likeness (QED) is 0.772. The van der Waals surface area contributed by atoms with Gasteiger partial charge in [0.25, 0.3) is 5.91 Å². The van der Waals surface area contributed by atoms with Gasteiger partial charge in [-0.25, -0.2) is 4.79 Å². The van der Waals surface area contributed by atoms with Gasteiger partial charge in [0, 0.05) is 11.2 Å². The Bertz CT molecular complexity index is 613. The zero-order valence-electron chi connectivity index (χ0n) is 15.4. The fourth-order valence-electron chi connectivity index (χ4n) is 2.58. The van der Waals surface area contributed by atoms with E-state index in [9.17, 15) is 14.4 Å². The second-order valence-electron chi connectivity index (χ2n) is 8.24. The minimum atomic E-state index is -0.652. The summed E-state index contributed by atoms with van der Waals surface area (Å²) in [7, 11) is 0. The number of carbonyl (C=O) groups is 3. The molecule has 24 heavy (non-hydrogen) atoms. The Hall–Kier alpha value is -1.50. The molecule has 0 aliphatic carbocycles. The van der Waals surface area contributed by atoms with Gasteiger partial charge in [0.05, 0.1) is 5.70 Å². The van der Waals surface area contributed by atoms with Crippen molar-refractivity contribution in [1.82, 2.24) is 10.2 Å². The Morgan fingerprint density at radius 3 is 2.29 bits per heavy atom. The molecule has 0 radical (unpaired) electrons. The van der Waals surface area contributed by atoms with Crippen molar-refractivity contribution >= 4 is 29.5 Å². The number of nitrogens with one attached hydrogen (secondary N) is 1. The first-order chi connectivity index (χ1) is 10.8. The van der Waals surface area contributed by atoms with E-state index in [0.717, 1.165) is 5.57 Å². The van der Waals surface area contributed by atoms with Crippen molar-refractivity contribution in [3.63, 3.8) is 0 Å². The number of thioether (sulfide) groups is 1. The van der Waals surface area contributed by atoms with Crippen LogP contribution in [-0.2, 0) is 14.3 Å². The predicted molar refractivity (Wildman–Crippen MR) is 93.4 cm³/mol. The SMILES string of the molecule is CC1=C(C(=O)C(C)(C)C)N2C(=O)[C@@H](NC(=O)OC(C)(C)C)[C@H]2SC1. The molecule has 1 fully saturated rings. The predicted octanol–water partition coefficient (Wildman–Crippen LogP) is 2.68. The van der Waals surface area contributed by atoms with Gasteiger partial charge in [0.1, 0.15) is 17.0 Å². The van der Waals surface area contributed by atoms with Crippen LogP contribution >= 0.6 is 11.8 Å². The number of rotatable bonds is 2. The number of hydrogen-bond donors (Lipinski definition) is 1. The highest BCUT2D eigenvalue weighted by molar-refractivity contribution is 8.00. The van der Waals surface area contributed by atoms with E-state index < -0.39 is 23.2 Å². The van der Waals surface area contributed by atoms with E-state index in [4.69, 9.17) is 4.74 Å². The van der Waals surface area contributed by atoms with Crippen molar-refractivity contribution in [2.75, 3.05) is 5.75 Å².